The Hall–Kier alpha value is -2.73. The van der Waals surface area contributed by atoms with Crippen molar-refractivity contribution in [2.45, 2.75) is 0 Å². The molecule has 7 heteroatoms. The molecule has 23 heavy (non-hydrogen) atoms. The van der Waals surface area contributed by atoms with Crippen LogP contribution in [0.1, 0.15) is 0 Å². The third kappa shape index (κ3) is 3.54. The second-order valence-corrected chi connectivity index (χ2v) is 5.15. The first-order valence-corrected chi connectivity index (χ1v) is 7.28. The number of hydrogen-bond acceptors (Lipinski definition) is 4. The lowest BCUT2D eigenvalue weighted by Gasteiger charge is -2.18. The second kappa shape index (κ2) is 6.58. The van der Waals surface area contributed by atoms with Crippen LogP contribution in [0.25, 0.3) is 0 Å². The molecule has 0 bridgehead atoms. The topological polar surface area (TPSA) is 76.7 Å². The Morgan fingerprint density at radius 2 is 1.61 bits per heavy atom. The number of amides is 2. The van der Waals surface area contributed by atoms with Gasteiger partial charge in [-0.25, -0.2) is 0 Å². The minimum atomic E-state index is -0.812. The average Bonchev–Trinajstić information content (AvgIpc) is 2.56. The van der Waals surface area contributed by atoms with Crippen molar-refractivity contribution in [3.8, 4) is 11.5 Å². The van der Waals surface area contributed by atoms with Gasteiger partial charge in [0.2, 0.25) is 0 Å². The van der Waals surface area contributed by atoms with Crippen LogP contribution in [0, 0.1) is 0 Å². The standard InChI is InChI=1S/C16H13ClN2O4/c17-11-3-1-2-4-12(11)19-16(21)15(20)18-10-5-6-13-14(9-10)23-8-7-22-13/h1-6,9H,7-8H2,(H,18,20)(H,19,21). The highest BCUT2D eigenvalue weighted by Crippen LogP contribution is 2.32. The first kappa shape index (κ1) is 15.2. The molecule has 0 aliphatic carbocycles. The molecular formula is C16H13ClN2O4. The third-order valence-electron chi connectivity index (χ3n) is 3.13. The van der Waals surface area contributed by atoms with E-state index in [2.05, 4.69) is 10.6 Å². The first-order valence-electron chi connectivity index (χ1n) is 6.90. The smallest absolute Gasteiger partial charge is 0.314 e. The number of fused-ring (bicyclic) bond motifs is 1. The summed E-state index contributed by atoms with van der Waals surface area (Å²) >= 11 is 5.94. The van der Waals surface area contributed by atoms with E-state index in [0.29, 0.717) is 41.1 Å². The molecule has 0 unspecified atom stereocenters. The zero-order valence-electron chi connectivity index (χ0n) is 12.0. The number of benzene rings is 2. The zero-order valence-corrected chi connectivity index (χ0v) is 12.7. The predicted octanol–water partition coefficient (Wildman–Crippen LogP) is 2.69. The number of rotatable bonds is 2. The van der Waals surface area contributed by atoms with E-state index in [0.717, 1.165) is 0 Å². The molecule has 0 spiro atoms. The van der Waals surface area contributed by atoms with Crippen molar-refractivity contribution in [1.29, 1.82) is 0 Å². The number of nitrogens with one attached hydrogen (secondary N) is 2. The Bertz CT molecular complexity index is 763. The second-order valence-electron chi connectivity index (χ2n) is 4.75. The molecule has 1 aliphatic rings. The molecule has 0 fully saturated rings. The van der Waals surface area contributed by atoms with Crippen molar-refractivity contribution in [2.24, 2.45) is 0 Å². The molecule has 2 aromatic rings. The highest BCUT2D eigenvalue weighted by atomic mass is 35.5. The first-order chi connectivity index (χ1) is 11.1. The SMILES string of the molecule is O=C(Nc1ccc2c(c1)OCCO2)C(=O)Nc1ccccc1Cl. The average molecular weight is 333 g/mol. The zero-order chi connectivity index (χ0) is 16.2. The van der Waals surface area contributed by atoms with Crippen LogP contribution in [0.2, 0.25) is 5.02 Å². The van der Waals surface area contributed by atoms with Gasteiger partial charge in [0, 0.05) is 11.8 Å². The maximum atomic E-state index is 12.0. The number of ether oxygens (including phenoxy) is 2. The highest BCUT2D eigenvalue weighted by Gasteiger charge is 2.17. The Morgan fingerprint density at radius 3 is 2.39 bits per heavy atom. The lowest BCUT2D eigenvalue weighted by Crippen LogP contribution is -2.29. The lowest BCUT2D eigenvalue weighted by atomic mass is 10.2. The van der Waals surface area contributed by atoms with Crippen molar-refractivity contribution in [3.05, 3.63) is 47.5 Å². The van der Waals surface area contributed by atoms with Crippen molar-refractivity contribution in [1.82, 2.24) is 0 Å². The van der Waals surface area contributed by atoms with Gasteiger partial charge in [-0.2, -0.15) is 0 Å². The quantitative estimate of drug-likeness (QED) is 0.829. The van der Waals surface area contributed by atoms with Crippen LogP contribution in [0.15, 0.2) is 42.5 Å². The van der Waals surface area contributed by atoms with Crippen LogP contribution in [-0.4, -0.2) is 25.0 Å². The number of carbonyl (C=O) groups is 2. The Balaban J connectivity index is 1.67. The van der Waals surface area contributed by atoms with E-state index in [-0.39, 0.29) is 0 Å². The van der Waals surface area contributed by atoms with Gasteiger partial charge in [0.15, 0.2) is 11.5 Å². The van der Waals surface area contributed by atoms with Gasteiger partial charge in [-0.1, -0.05) is 23.7 Å². The maximum Gasteiger partial charge on any atom is 0.314 e. The highest BCUT2D eigenvalue weighted by molar-refractivity contribution is 6.44. The fourth-order valence-corrected chi connectivity index (χ4v) is 2.23. The van der Waals surface area contributed by atoms with Gasteiger partial charge in [-0.05, 0) is 24.3 Å². The molecule has 2 N–H and O–H groups in total. The molecule has 118 valence electrons. The Morgan fingerprint density at radius 1 is 0.913 bits per heavy atom. The van der Waals surface area contributed by atoms with E-state index < -0.39 is 11.8 Å². The van der Waals surface area contributed by atoms with Crippen molar-refractivity contribution in [3.63, 3.8) is 0 Å². The summed E-state index contributed by atoms with van der Waals surface area (Å²) in [6.07, 6.45) is 0. The van der Waals surface area contributed by atoms with Crippen molar-refractivity contribution >= 4 is 34.8 Å². The number of hydrogen-bond donors (Lipinski definition) is 2. The van der Waals surface area contributed by atoms with Crippen LogP contribution < -0.4 is 20.1 Å². The minimum absolute atomic E-state index is 0.355. The fraction of sp³-hybridized carbons (Fsp3) is 0.125. The minimum Gasteiger partial charge on any atom is -0.486 e. The fourth-order valence-electron chi connectivity index (χ4n) is 2.05. The van der Waals surface area contributed by atoms with E-state index >= 15 is 0 Å². The summed E-state index contributed by atoms with van der Waals surface area (Å²) < 4.78 is 10.8. The van der Waals surface area contributed by atoms with Crippen LogP contribution in [0.3, 0.4) is 0 Å². The Kier molecular flexibility index (Phi) is 4.34. The van der Waals surface area contributed by atoms with E-state index in [4.69, 9.17) is 21.1 Å². The summed E-state index contributed by atoms with van der Waals surface area (Å²) in [6.45, 7) is 0.927. The molecule has 6 nitrogen and oxygen atoms in total. The lowest BCUT2D eigenvalue weighted by molar-refractivity contribution is -0.132. The molecular weight excluding hydrogens is 320 g/mol. The largest absolute Gasteiger partial charge is 0.486 e. The van der Waals surface area contributed by atoms with Gasteiger partial charge in [-0.3, -0.25) is 9.59 Å². The molecule has 0 radical (unpaired) electrons. The number of carbonyl (C=O) groups excluding carboxylic acids is 2. The maximum absolute atomic E-state index is 12.0. The van der Waals surface area contributed by atoms with Gasteiger partial charge >= 0.3 is 11.8 Å². The number of anilines is 2. The summed E-state index contributed by atoms with van der Waals surface area (Å²) in [5, 5.41) is 5.31. The summed E-state index contributed by atoms with van der Waals surface area (Å²) in [5.74, 6) is -0.482. The van der Waals surface area contributed by atoms with Gasteiger partial charge in [-0.15, -0.1) is 0 Å². The van der Waals surface area contributed by atoms with Crippen molar-refractivity contribution < 1.29 is 19.1 Å². The molecule has 1 heterocycles. The van der Waals surface area contributed by atoms with Gasteiger partial charge < -0.3 is 20.1 Å². The monoisotopic (exact) mass is 332 g/mol. The van der Waals surface area contributed by atoms with Crippen molar-refractivity contribution in [2.75, 3.05) is 23.8 Å². The molecule has 0 saturated heterocycles. The summed E-state index contributed by atoms with van der Waals surface area (Å²) in [4.78, 5) is 23.9. The van der Waals surface area contributed by atoms with Crippen LogP contribution in [0.4, 0.5) is 11.4 Å². The van der Waals surface area contributed by atoms with E-state index in [1.165, 1.54) is 0 Å². The normalized spacial score (nSPS) is 12.4. The summed E-state index contributed by atoms with van der Waals surface area (Å²) in [6, 6.07) is 11.6. The summed E-state index contributed by atoms with van der Waals surface area (Å²) in [7, 11) is 0. The van der Waals surface area contributed by atoms with E-state index in [9.17, 15) is 9.59 Å². The molecule has 1 aliphatic heterocycles. The van der Waals surface area contributed by atoms with Crippen LogP contribution >= 0.6 is 11.6 Å². The van der Waals surface area contributed by atoms with Gasteiger partial charge in [0.25, 0.3) is 0 Å². The molecule has 2 amide bonds. The predicted molar refractivity (Wildman–Crippen MR) is 86.1 cm³/mol. The number of halogens is 1. The molecule has 2 aromatic carbocycles. The van der Waals surface area contributed by atoms with Gasteiger partial charge in [0.05, 0.1) is 10.7 Å². The summed E-state index contributed by atoms with van der Waals surface area (Å²) in [5.41, 5.74) is 0.810. The molecule has 0 aromatic heterocycles. The third-order valence-corrected chi connectivity index (χ3v) is 3.46. The van der Waals surface area contributed by atoms with Crippen LogP contribution in [-0.2, 0) is 9.59 Å². The van der Waals surface area contributed by atoms with E-state index in [1.54, 1.807) is 42.5 Å². The van der Waals surface area contributed by atoms with E-state index in [1.807, 2.05) is 0 Å². The number of para-hydroxylation sites is 1. The molecule has 0 atom stereocenters. The van der Waals surface area contributed by atoms with Crippen LogP contribution in [0.5, 0.6) is 11.5 Å². The molecule has 3 rings (SSSR count). The van der Waals surface area contributed by atoms with Gasteiger partial charge in [0.1, 0.15) is 13.2 Å². The Labute approximate surface area is 137 Å². The molecule has 0 saturated carbocycles.